The Morgan fingerprint density at radius 2 is 1.65 bits per heavy atom. The predicted octanol–water partition coefficient (Wildman–Crippen LogP) is 5.70. The molecule has 2 N–H and O–H groups in total. The molecule has 10 nitrogen and oxygen atoms in total. The summed E-state index contributed by atoms with van der Waals surface area (Å²) in [5, 5.41) is 22.9. The Kier molecular flexibility index (Phi) is 12.4. The largest absolute Gasteiger partial charge is 0.542 e. The maximum atomic E-state index is 13.2. The zero-order chi connectivity index (χ0) is 34.7. The first-order valence-electron chi connectivity index (χ1n) is 15.9. The van der Waals surface area contributed by atoms with Gasteiger partial charge >= 0.3 is 6.18 Å². The molecule has 0 aliphatic rings. The first-order chi connectivity index (χ1) is 23.0. The zero-order valence-electron chi connectivity index (χ0n) is 26.8. The van der Waals surface area contributed by atoms with Crippen molar-refractivity contribution < 1.29 is 41.6 Å². The number of alkyl halides is 3. The number of fused-ring (bicyclic) bond motifs is 2. The summed E-state index contributed by atoms with van der Waals surface area (Å²) in [5.41, 5.74) is 3.00. The van der Waals surface area contributed by atoms with Crippen molar-refractivity contribution in [2.24, 2.45) is 0 Å². The number of hydrogen-bond donors (Lipinski definition) is 2. The molecule has 0 fully saturated rings. The van der Waals surface area contributed by atoms with Gasteiger partial charge < -0.3 is 19.6 Å². The molecule has 3 aromatic carbocycles. The second kappa shape index (κ2) is 16.7. The van der Waals surface area contributed by atoms with Crippen LogP contribution >= 0.6 is 0 Å². The lowest BCUT2D eigenvalue weighted by atomic mass is 10.0. The molecule has 254 valence electrons. The number of nitrogens with zero attached hydrogens (tertiary/aromatic N) is 3. The SMILES string of the molecule is CCC(=O)CCCCC[C@H](NC(=O)CC[n+]1c(CC)[nH]c2ccccc21)c1nnc(-c2ccc3ccccc3c2)o1.O=C([O-])C(F)(F)F. The summed E-state index contributed by atoms with van der Waals surface area (Å²) in [6.45, 7) is 4.57. The van der Waals surface area contributed by atoms with E-state index in [1.54, 1.807) is 0 Å². The van der Waals surface area contributed by atoms with Gasteiger partial charge in [0.15, 0.2) is 11.0 Å². The van der Waals surface area contributed by atoms with Crippen LogP contribution < -0.4 is 15.0 Å². The number of aryl methyl sites for hydroxylation is 2. The molecule has 13 heteroatoms. The molecule has 0 bridgehead atoms. The summed E-state index contributed by atoms with van der Waals surface area (Å²) < 4.78 is 39.9. The van der Waals surface area contributed by atoms with E-state index in [0.717, 1.165) is 58.9 Å². The molecule has 0 aliphatic heterocycles. The van der Waals surface area contributed by atoms with E-state index in [-0.39, 0.29) is 11.7 Å². The molecule has 48 heavy (non-hydrogen) atoms. The van der Waals surface area contributed by atoms with Gasteiger partial charge in [-0.2, -0.15) is 13.2 Å². The highest BCUT2D eigenvalue weighted by molar-refractivity contribution is 5.86. The molecule has 0 saturated carbocycles. The number of nitrogens with one attached hydrogen (secondary N) is 2. The van der Waals surface area contributed by atoms with Crippen molar-refractivity contribution in [2.45, 2.75) is 84.0 Å². The number of H-pyrrole nitrogens is 1. The van der Waals surface area contributed by atoms with Crippen molar-refractivity contribution in [3.63, 3.8) is 0 Å². The standard InChI is InChI=1S/C33H37N5O3.C2HF3O2/c1-3-26(39)14-6-5-7-16-28(33-37-36-32(41-33)25-19-18-23-12-8-9-13-24(23)22-25)35-31(40)20-21-38-29-17-11-10-15-27(29)34-30(38)4-2;3-2(4,5)1(6)7/h8-13,15,17-19,22,28H,3-7,14,16,20-21H2,1-2H3,(H,35,40);(H,6,7)/t28-;/m0./s1. The van der Waals surface area contributed by atoms with Crippen LogP contribution in [0.15, 0.2) is 71.1 Å². The van der Waals surface area contributed by atoms with Crippen molar-refractivity contribution in [1.82, 2.24) is 20.5 Å². The normalized spacial score (nSPS) is 12.0. The van der Waals surface area contributed by atoms with E-state index in [0.29, 0.717) is 44.0 Å². The van der Waals surface area contributed by atoms with Gasteiger partial charge in [0.25, 0.3) is 5.82 Å². The zero-order valence-corrected chi connectivity index (χ0v) is 26.8. The van der Waals surface area contributed by atoms with E-state index in [9.17, 15) is 22.8 Å². The van der Waals surface area contributed by atoms with Crippen LogP contribution in [0.4, 0.5) is 13.2 Å². The van der Waals surface area contributed by atoms with Gasteiger partial charge in [-0.1, -0.05) is 69.2 Å². The number of carbonyl (C=O) groups excluding carboxylic acids is 3. The quantitative estimate of drug-likeness (QED) is 0.114. The highest BCUT2D eigenvalue weighted by Crippen LogP contribution is 2.27. The maximum absolute atomic E-state index is 13.2. The third-order valence-electron chi connectivity index (χ3n) is 7.84. The highest BCUT2D eigenvalue weighted by atomic mass is 19.4. The minimum absolute atomic E-state index is 0.0681. The minimum atomic E-state index is -5.19. The summed E-state index contributed by atoms with van der Waals surface area (Å²) in [6, 6.07) is 21.9. The number of amides is 1. The predicted molar refractivity (Wildman–Crippen MR) is 170 cm³/mol. The number of benzene rings is 3. The van der Waals surface area contributed by atoms with Gasteiger partial charge in [0, 0.05) is 24.8 Å². The molecule has 2 heterocycles. The molecule has 0 aliphatic carbocycles. The number of rotatable bonds is 14. The maximum Gasteiger partial charge on any atom is 0.430 e. The Bertz CT molecular complexity index is 1850. The summed E-state index contributed by atoms with van der Waals surface area (Å²) in [7, 11) is 0. The molecule has 0 saturated heterocycles. The Morgan fingerprint density at radius 1 is 0.938 bits per heavy atom. The van der Waals surface area contributed by atoms with Crippen LogP contribution in [0.5, 0.6) is 0 Å². The third-order valence-corrected chi connectivity index (χ3v) is 7.84. The van der Waals surface area contributed by atoms with Crippen LogP contribution in [0.1, 0.15) is 76.6 Å². The number of carboxylic acid groups (broad SMARTS) is 1. The van der Waals surface area contributed by atoms with Gasteiger partial charge in [-0.25, -0.2) is 9.55 Å². The van der Waals surface area contributed by atoms with E-state index in [2.05, 4.69) is 56.3 Å². The molecular weight excluding hydrogens is 627 g/mol. The summed E-state index contributed by atoms with van der Waals surface area (Å²) in [6.07, 6.45) is 0.393. The minimum Gasteiger partial charge on any atom is -0.542 e. The fourth-order valence-corrected chi connectivity index (χ4v) is 5.29. The summed E-state index contributed by atoms with van der Waals surface area (Å²) in [4.78, 5) is 37.2. The number of para-hydroxylation sites is 2. The fraction of sp³-hybridized carbons (Fsp3) is 0.371. The first kappa shape index (κ1) is 35.8. The average molecular weight is 666 g/mol. The van der Waals surface area contributed by atoms with Gasteiger partial charge in [0.2, 0.25) is 17.7 Å². The van der Waals surface area contributed by atoms with Crippen LogP contribution in [0, 0.1) is 0 Å². The monoisotopic (exact) mass is 665 g/mol. The van der Waals surface area contributed by atoms with Gasteiger partial charge in [-0.3, -0.25) is 9.59 Å². The number of hydrogen-bond acceptors (Lipinski definition) is 7. The fourth-order valence-electron chi connectivity index (χ4n) is 5.29. The first-order valence-corrected chi connectivity index (χ1v) is 15.9. The molecule has 2 aromatic heterocycles. The number of aromatic nitrogens is 4. The number of carbonyl (C=O) groups is 3. The second-order valence-corrected chi connectivity index (χ2v) is 11.2. The number of imidazole rings is 1. The molecule has 0 unspecified atom stereocenters. The highest BCUT2D eigenvalue weighted by Gasteiger charge is 2.29. The number of carboxylic acids is 1. The van der Waals surface area contributed by atoms with Crippen LogP contribution in [0.3, 0.4) is 0 Å². The average Bonchev–Trinajstić information content (AvgIpc) is 3.71. The van der Waals surface area contributed by atoms with Crippen LogP contribution in [-0.2, 0) is 27.3 Å². The topological polar surface area (TPSA) is 145 Å². The van der Waals surface area contributed by atoms with Crippen molar-refractivity contribution >= 4 is 39.5 Å². The Morgan fingerprint density at radius 3 is 2.35 bits per heavy atom. The number of Topliss-reactive ketones (excluding diaryl/α,β-unsaturated/α-hetero) is 1. The second-order valence-electron chi connectivity index (χ2n) is 11.2. The summed E-state index contributed by atoms with van der Waals surface area (Å²) >= 11 is 0. The van der Waals surface area contributed by atoms with E-state index in [4.69, 9.17) is 14.3 Å². The number of unbranched alkanes of at least 4 members (excludes halogenated alkanes) is 2. The Labute approximate surface area is 275 Å². The van der Waals surface area contributed by atoms with Gasteiger partial charge in [-0.05, 0) is 47.9 Å². The van der Waals surface area contributed by atoms with Crippen molar-refractivity contribution in [3.05, 3.63) is 78.4 Å². The van der Waals surface area contributed by atoms with E-state index < -0.39 is 18.2 Å². The lowest BCUT2D eigenvalue weighted by Crippen LogP contribution is -2.40. The van der Waals surface area contributed by atoms with Crippen molar-refractivity contribution in [1.29, 1.82) is 0 Å². The number of aromatic amines is 1. The van der Waals surface area contributed by atoms with Gasteiger partial charge in [0.05, 0.1) is 13.0 Å². The Balaban J connectivity index is 0.000000671. The van der Waals surface area contributed by atoms with E-state index >= 15 is 0 Å². The van der Waals surface area contributed by atoms with Crippen LogP contribution in [0.2, 0.25) is 0 Å². The molecule has 5 aromatic rings. The van der Waals surface area contributed by atoms with Gasteiger partial charge in [0.1, 0.15) is 17.8 Å². The smallest absolute Gasteiger partial charge is 0.430 e. The van der Waals surface area contributed by atoms with E-state index in [1.807, 2.05) is 49.4 Å². The van der Waals surface area contributed by atoms with Crippen LogP contribution in [-0.4, -0.2) is 39.0 Å². The van der Waals surface area contributed by atoms with Gasteiger partial charge in [-0.15, -0.1) is 10.2 Å². The molecule has 1 atom stereocenters. The molecule has 5 rings (SSSR count). The third kappa shape index (κ3) is 9.72. The van der Waals surface area contributed by atoms with Crippen LogP contribution in [0.25, 0.3) is 33.3 Å². The molecule has 0 spiro atoms. The Hall–Kier alpha value is -5.07. The lowest BCUT2D eigenvalue weighted by molar-refractivity contribution is -0.677. The molecule has 1 amide bonds. The molecular formula is C35H38F3N5O5. The van der Waals surface area contributed by atoms with Crippen molar-refractivity contribution in [3.8, 4) is 11.5 Å². The number of aliphatic carboxylic acids is 1. The van der Waals surface area contributed by atoms with E-state index in [1.165, 1.54) is 0 Å². The number of ketones is 1. The molecule has 0 radical (unpaired) electrons. The summed E-state index contributed by atoms with van der Waals surface area (Å²) in [5.74, 6) is -0.864. The number of halogens is 3. The van der Waals surface area contributed by atoms with Crippen molar-refractivity contribution in [2.75, 3.05) is 0 Å². The lowest BCUT2D eigenvalue weighted by Gasteiger charge is -2.15.